The first-order valence-corrected chi connectivity index (χ1v) is 7.90. The first kappa shape index (κ1) is 17.8. The largest absolute Gasteiger partial charge is 0.508 e. The molecule has 0 fully saturated rings. The number of aryl methyl sites for hydroxylation is 1. The lowest BCUT2D eigenvalue weighted by Gasteiger charge is -2.17. The fourth-order valence-electron chi connectivity index (χ4n) is 2.19. The summed E-state index contributed by atoms with van der Waals surface area (Å²) in [4.78, 5) is 12.3. The molecule has 0 unspecified atom stereocenters. The molecule has 24 heavy (non-hydrogen) atoms. The number of anilines is 1. The minimum absolute atomic E-state index is 0.0380. The van der Waals surface area contributed by atoms with Gasteiger partial charge < -0.3 is 19.9 Å². The highest BCUT2D eigenvalue weighted by molar-refractivity contribution is 6.04. The summed E-state index contributed by atoms with van der Waals surface area (Å²) in [5.41, 5.74) is 0.295. The van der Waals surface area contributed by atoms with Crippen LogP contribution < -0.4 is 10.1 Å². The van der Waals surface area contributed by atoms with Gasteiger partial charge in [0.25, 0.3) is 5.91 Å². The lowest BCUT2D eigenvalue weighted by Crippen LogP contribution is -2.21. The Balaban J connectivity index is 2.12. The van der Waals surface area contributed by atoms with Crippen molar-refractivity contribution in [2.45, 2.75) is 32.9 Å². The Morgan fingerprint density at radius 1 is 1.38 bits per heavy atom. The summed E-state index contributed by atoms with van der Waals surface area (Å²) < 4.78 is 12.6. The molecule has 0 saturated heterocycles. The number of carbonyl (C=O) groups excluding carboxylic acids is 1. The fraction of sp³-hybridized carbons (Fsp3) is 0.412. The van der Waals surface area contributed by atoms with Gasteiger partial charge in [-0.2, -0.15) is 5.10 Å². The van der Waals surface area contributed by atoms with Crippen molar-refractivity contribution in [1.29, 1.82) is 0 Å². The van der Waals surface area contributed by atoms with Gasteiger partial charge in [0.1, 0.15) is 17.6 Å². The smallest absolute Gasteiger partial charge is 0.257 e. The van der Waals surface area contributed by atoms with Crippen molar-refractivity contribution in [3.05, 3.63) is 36.0 Å². The number of nitrogens with one attached hydrogen (secondary N) is 1. The van der Waals surface area contributed by atoms with E-state index >= 15 is 0 Å². The number of carbonyl (C=O) groups is 1. The summed E-state index contributed by atoms with van der Waals surface area (Å²) in [6.45, 7) is 5.09. The van der Waals surface area contributed by atoms with Crippen molar-refractivity contribution in [2.24, 2.45) is 0 Å². The highest BCUT2D eigenvalue weighted by atomic mass is 16.5. The van der Waals surface area contributed by atoms with Crippen molar-refractivity contribution in [1.82, 2.24) is 9.78 Å². The minimum atomic E-state index is -0.364. The van der Waals surface area contributed by atoms with E-state index in [2.05, 4.69) is 10.4 Å². The number of ether oxygens (including phenoxy) is 2. The molecule has 0 aliphatic carbocycles. The predicted molar refractivity (Wildman–Crippen MR) is 90.5 cm³/mol. The fourth-order valence-corrected chi connectivity index (χ4v) is 2.19. The Hall–Kier alpha value is -2.54. The number of methoxy groups -OCH3 is 1. The molecule has 2 rings (SSSR count). The Morgan fingerprint density at radius 2 is 2.17 bits per heavy atom. The lowest BCUT2D eigenvalue weighted by molar-refractivity contribution is 0.0784. The number of rotatable bonds is 8. The normalized spacial score (nSPS) is 12.0. The third kappa shape index (κ3) is 4.73. The molecule has 0 bridgehead atoms. The molecule has 0 aliphatic rings. The maximum atomic E-state index is 12.3. The van der Waals surface area contributed by atoms with Gasteiger partial charge in [0.15, 0.2) is 5.82 Å². The summed E-state index contributed by atoms with van der Waals surface area (Å²) >= 11 is 0. The van der Waals surface area contributed by atoms with Gasteiger partial charge in [-0.15, -0.1) is 0 Å². The number of phenolic OH excluding ortho intramolecular Hbond substituents is 1. The van der Waals surface area contributed by atoms with Gasteiger partial charge >= 0.3 is 0 Å². The number of hydrogen-bond donors (Lipinski definition) is 2. The number of hydrogen-bond acceptors (Lipinski definition) is 5. The van der Waals surface area contributed by atoms with Crippen LogP contribution in [0, 0.1) is 0 Å². The third-order valence-corrected chi connectivity index (χ3v) is 3.47. The van der Waals surface area contributed by atoms with Gasteiger partial charge in [-0.3, -0.25) is 9.48 Å². The zero-order chi connectivity index (χ0) is 17.5. The van der Waals surface area contributed by atoms with E-state index in [9.17, 15) is 9.90 Å². The first-order chi connectivity index (χ1) is 11.5. The molecule has 1 aromatic heterocycles. The average molecular weight is 333 g/mol. The molecule has 1 amide bonds. The van der Waals surface area contributed by atoms with E-state index in [4.69, 9.17) is 9.47 Å². The van der Waals surface area contributed by atoms with Crippen molar-refractivity contribution >= 4 is 11.7 Å². The Morgan fingerprint density at radius 3 is 2.79 bits per heavy atom. The van der Waals surface area contributed by atoms with Crippen molar-refractivity contribution in [3.8, 4) is 11.5 Å². The van der Waals surface area contributed by atoms with Crippen LogP contribution in [0.2, 0.25) is 0 Å². The maximum absolute atomic E-state index is 12.3. The average Bonchev–Trinajstić information content (AvgIpc) is 3.01. The molecule has 0 aliphatic heterocycles. The molecule has 2 aromatic rings. The second-order valence-corrected chi connectivity index (χ2v) is 5.33. The second kappa shape index (κ2) is 8.35. The third-order valence-electron chi connectivity index (χ3n) is 3.47. The van der Waals surface area contributed by atoms with Gasteiger partial charge in [-0.1, -0.05) is 6.92 Å². The number of aromatic nitrogens is 2. The van der Waals surface area contributed by atoms with Crippen LogP contribution in [0.15, 0.2) is 30.5 Å². The van der Waals surface area contributed by atoms with Crippen LogP contribution in [0.3, 0.4) is 0 Å². The summed E-state index contributed by atoms with van der Waals surface area (Å²) in [6.07, 6.45) is 2.39. The second-order valence-electron chi connectivity index (χ2n) is 5.33. The van der Waals surface area contributed by atoms with Gasteiger partial charge in [0.05, 0.1) is 6.61 Å². The van der Waals surface area contributed by atoms with Crippen LogP contribution in [0.5, 0.6) is 11.5 Å². The standard InChI is InChI=1S/C17H23N3O4/c1-4-14(11-23-3)24-15-9-12(8-13(21)10-15)17(22)18-16-6-7-20(5-2)19-16/h6-10,14,21H,4-5,11H2,1-3H3,(H,18,19,22)/t14-/m0/s1. The molecule has 1 heterocycles. The predicted octanol–water partition coefficient (Wildman–Crippen LogP) is 2.66. The van der Waals surface area contributed by atoms with Crippen LogP contribution in [0.1, 0.15) is 30.6 Å². The maximum Gasteiger partial charge on any atom is 0.257 e. The van der Waals surface area contributed by atoms with E-state index in [1.54, 1.807) is 30.1 Å². The number of phenols is 1. The molecule has 1 aromatic carbocycles. The molecule has 0 spiro atoms. The molecule has 0 radical (unpaired) electrons. The van der Waals surface area contributed by atoms with Crippen LogP contribution in [0.25, 0.3) is 0 Å². The number of amides is 1. The molecular weight excluding hydrogens is 310 g/mol. The van der Waals surface area contributed by atoms with Gasteiger partial charge in [0.2, 0.25) is 0 Å². The number of nitrogens with zero attached hydrogens (tertiary/aromatic N) is 2. The van der Waals surface area contributed by atoms with Gasteiger partial charge in [0, 0.05) is 37.5 Å². The first-order valence-electron chi connectivity index (χ1n) is 7.90. The van der Waals surface area contributed by atoms with Crippen LogP contribution in [0.4, 0.5) is 5.82 Å². The molecule has 130 valence electrons. The van der Waals surface area contributed by atoms with E-state index < -0.39 is 0 Å². The van der Waals surface area contributed by atoms with E-state index in [0.29, 0.717) is 23.7 Å². The summed E-state index contributed by atoms with van der Waals surface area (Å²) in [7, 11) is 1.60. The van der Waals surface area contributed by atoms with Crippen molar-refractivity contribution < 1.29 is 19.4 Å². The molecular formula is C17H23N3O4. The summed E-state index contributed by atoms with van der Waals surface area (Å²) in [5.74, 6) is 0.475. The molecule has 7 nitrogen and oxygen atoms in total. The van der Waals surface area contributed by atoms with E-state index in [1.807, 2.05) is 13.8 Å². The number of benzene rings is 1. The molecule has 7 heteroatoms. The Bertz CT molecular complexity index is 684. The Kier molecular flexibility index (Phi) is 6.20. The zero-order valence-electron chi connectivity index (χ0n) is 14.2. The SMILES string of the molecule is CC[C@@H](COC)Oc1cc(O)cc(C(=O)Nc2ccn(CC)n2)c1. The summed E-state index contributed by atoms with van der Waals surface area (Å²) in [6, 6.07) is 6.16. The van der Waals surface area contributed by atoms with Crippen LogP contribution in [-0.2, 0) is 11.3 Å². The van der Waals surface area contributed by atoms with Crippen LogP contribution >= 0.6 is 0 Å². The lowest BCUT2D eigenvalue weighted by atomic mass is 10.2. The molecule has 2 N–H and O–H groups in total. The monoisotopic (exact) mass is 333 g/mol. The van der Waals surface area contributed by atoms with E-state index in [-0.39, 0.29) is 17.8 Å². The van der Waals surface area contributed by atoms with E-state index in [1.165, 1.54) is 12.1 Å². The van der Waals surface area contributed by atoms with Crippen LogP contribution in [-0.4, -0.2) is 40.6 Å². The molecule has 0 saturated carbocycles. The quantitative estimate of drug-likeness (QED) is 0.776. The molecule has 1 atom stereocenters. The topological polar surface area (TPSA) is 85.6 Å². The van der Waals surface area contributed by atoms with Crippen molar-refractivity contribution in [2.75, 3.05) is 19.0 Å². The highest BCUT2D eigenvalue weighted by Crippen LogP contribution is 2.24. The van der Waals surface area contributed by atoms with Gasteiger partial charge in [-0.25, -0.2) is 0 Å². The number of aromatic hydroxyl groups is 1. The highest BCUT2D eigenvalue weighted by Gasteiger charge is 2.14. The summed E-state index contributed by atoms with van der Waals surface area (Å²) in [5, 5.41) is 16.8. The Labute approximate surface area is 141 Å². The minimum Gasteiger partial charge on any atom is -0.508 e. The van der Waals surface area contributed by atoms with Gasteiger partial charge in [-0.05, 0) is 25.5 Å². The van der Waals surface area contributed by atoms with Crippen molar-refractivity contribution in [3.63, 3.8) is 0 Å². The van der Waals surface area contributed by atoms with E-state index in [0.717, 1.165) is 13.0 Å². The zero-order valence-corrected chi connectivity index (χ0v) is 14.2.